The topological polar surface area (TPSA) is 59.2 Å². The van der Waals surface area contributed by atoms with Gasteiger partial charge in [0.25, 0.3) is 0 Å². The van der Waals surface area contributed by atoms with E-state index >= 15 is 0 Å². The standard InChI is InChI=1S/C12H13ClN2O2S/c13-10-4-2-9(3-5-10)12-14-11(17-15-12)8-18-7-1-6-16/h2-5,16H,1,6-8H2. The van der Waals surface area contributed by atoms with Crippen LogP contribution in [0.1, 0.15) is 12.3 Å². The van der Waals surface area contributed by atoms with E-state index in [1.54, 1.807) is 23.9 Å². The second-order valence-electron chi connectivity index (χ2n) is 3.65. The molecule has 0 amide bonds. The number of aliphatic hydroxyl groups is 1. The summed E-state index contributed by atoms with van der Waals surface area (Å²) in [5, 5.41) is 13.3. The first kappa shape index (κ1) is 13.4. The highest BCUT2D eigenvalue weighted by molar-refractivity contribution is 7.98. The summed E-state index contributed by atoms with van der Waals surface area (Å²) >= 11 is 7.48. The smallest absolute Gasteiger partial charge is 0.236 e. The van der Waals surface area contributed by atoms with E-state index in [2.05, 4.69) is 10.1 Å². The molecule has 0 spiro atoms. The molecule has 0 aliphatic heterocycles. The Bertz CT molecular complexity index is 487. The molecule has 4 nitrogen and oxygen atoms in total. The molecule has 6 heteroatoms. The summed E-state index contributed by atoms with van der Waals surface area (Å²) in [5.74, 6) is 2.72. The summed E-state index contributed by atoms with van der Waals surface area (Å²) in [4.78, 5) is 4.30. The van der Waals surface area contributed by atoms with E-state index in [0.29, 0.717) is 22.5 Å². The van der Waals surface area contributed by atoms with E-state index in [4.69, 9.17) is 21.2 Å². The number of benzene rings is 1. The first-order valence-corrected chi connectivity index (χ1v) is 7.10. The van der Waals surface area contributed by atoms with E-state index in [1.807, 2.05) is 12.1 Å². The molecule has 0 saturated heterocycles. The average Bonchev–Trinajstić information content (AvgIpc) is 2.84. The van der Waals surface area contributed by atoms with Gasteiger partial charge in [0.1, 0.15) is 0 Å². The minimum absolute atomic E-state index is 0.215. The summed E-state index contributed by atoms with van der Waals surface area (Å²) in [6.07, 6.45) is 0.781. The van der Waals surface area contributed by atoms with Crippen LogP contribution in [0.5, 0.6) is 0 Å². The molecule has 0 bridgehead atoms. The van der Waals surface area contributed by atoms with Crippen molar-refractivity contribution in [3.8, 4) is 11.4 Å². The van der Waals surface area contributed by atoms with E-state index in [-0.39, 0.29) is 6.61 Å². The number of nitrogens with zero attached hydrogens (tertiary/aromatic N) is 2. The molecule has 0 unspecified atom stereocenters. The summed E-state index contributed by atoms with van der Waals surface area (Å²) in [6, 6.07) is 7.30. The Hall–Kier alpha value is -1.04. The van der Waals surface area contributed by atoms with E-state index in [9.17, 15) is 0 Å². The van der Waals surface area contributed by atoms with Crippen LogP contribution in [0.3, 0.4) is 0 Å². The molecule has 1 heterocycles. The van der Waals surface area contributed by atoms with Gasteiger partial charge in [-0.15, -0.1) is 0 Å². The number of aliphatic hydroxyl groups excluding tert-OH is 1. The van der Waals surface area contributed by atoms with Crippen molar-refractivity contribution in [3.05, 3.63) is 35.2 Å². The first-order chi connectivity index (χ1) is 8.79. The van der Waals surface area contributed by atoms with Gasteiger partial charge in [-0.3, -0.25) is 0 Å². The summed E-state index contributed by atoms with van der Waals surface area (Å²) < 4.78 is 5.15. The van der Waals surface area contributed by atoms with Crippen LogP contribution in [-0.2, 0) is 5.75 Å². The summed E-state index contributed by atoms with van der Waals surface area (Å²) in [6.45, 7) is 0.215. The Labute approximate surface area is 114 Å². The van der Waals surface area contributed by atoms with E-state index in [0.717, 1.165) is 17.7 Å². The maximum Gasteiger partial charge on any atom is 0.236 e. The van der Waals surface area contributed by atoms with Gasteiger partial charge in [0.15, 0.2) is 0 Å². The van der Waals surface area contributed by atoms with Gasteiger partial charge in [0, 0.05) is 17.2 Å². The predicted molar refractivity (Wildman–Crippen MR) is 72.6 cm³/mol. The zero-order valence-electron chi connectivity index (χ0n) is 9.67. The molecule has 0 aliphatic carbocycles. The third-order valence-electron chi connectivity index (χ3n) is 2.24. The molecule has 1 aromatic carbocycles. The molecule has 0 atom stereocenters. The SMILES string of the molecule is OCCCSCc1nc(-c2ccc(Cl)cc2)no1. The average molecular weight is 285 g/mol. The quantitative estimate of drug-likeness (QED) is 0.826. The lowest BCUT2D eigenvalue weighted by atomic mass is 10.2. The van der Waals surface area contributed by atoms with Crippen LogP contribution < -0.4 is 0 Å². The minimum atomic E-state index is 0.215. The predicted octanol–water partition coefficient (Wildman–Crippen LogP) is 3.01. The second kappa shape index (κ2) is 6.78. The molecule has 2 aromatic rings. The monoisotopic (exact) mass is 284 g/mol. The van der Waals surface area contributed by atoms with Crippen LogP contribution in [0.25, 0.3) is 11.4 Å². The highest BCUT2D eigenvalue weighted by Crippen LogP contribution is 2.20. The van der Waals surface area contributed by atoms with Crippen LogP contribution in [0.15, 0.2) is 28.8 Å². The Balaban J connectivity index is 1.95. The number of hydrogen-bond donors (Lipinski definition) is 1. The molecular formula is C12H13ClN2O2S. The third-order valence-corrected chi connectivity index (χ3v) is 3.52. The van der Waals surface area contributed by atoms with Crippen LogP contribution in [0, 0.1) is 0 Å². The van der Waals surface area contributed by atoms with Gasteiger partial charge in [-0.25, -0.2) is 0 Å². The van der Waals surface area contributed by atoms with Crippen LogP contribution >= 0.6 is 23.4 Å². The highest BCUT2D eigenvalue weighted by atomic mass is 35.5. The van der Waals surface area contributed by atoms with Crippen molar-refractivity contribution in [2.45, 2.75) is 12.2 Å². The molecule has 0 saturated carbocycles. The van der Waals surface area contributed by atoms with Crippen LogP contribution in [-0.4, -0.2) is 27.6 Å². The number of aromatic nitrogens is 2. The maximum atomic E-state index is 8.66. The third kappa shape index (κ3) is 3.73. The van der Waals surface area contributed by atoms with Crippen LogP contribution in [0.4, 0.5) is 0 Å². The van der Waals surface area contributed by atoms with E-state index < -0.39 is 0 Å². The fourth-order valence-electron chi connectivity index (χ4n) is 1.36. The Morgan fingerprint density at radius 1 is 1.28 bits per heavy atom. The molecule has 18 heavy (non-hydrogen) atoms. The lowest BCUT2D eigenvalue weighted by Crippen LogP contribution is -1.87. The summed E-state index contributed by atoms with van der Waals surface area (Å²) in [7, 11) is 0. The number of thioether (sulfide) groups is 1. The van der Waals surface area contributed by atoms with Gasteiger partial charge in [0.05, 0.1) is 5.75 Å². The van der Waals surface area contributed by atoms with Crippen LogP contribution in [0.2, 0.25) is 5.02 Å². The maximum absolute atomic E-state index is 8.66. The Morgan fingerprint density at radius 2 is 2.06 bits per heavy atom. The van der Waals surface area contributed by atoms with Gasteiger partial charge in [-0.2, -0.15) is 16.7 Å². The fraction of sp³-hybridized carbons (Fsp3) is 0.333. The molecule has 1 aromatic heterocycles. The molecular weight excluding hydrogens is 272 g/mol. The van der Waals surface area contributed by atoms with Gasteiger partial charge in [-0.1, -0.05) is 16.8 Å². The molecule has 0 fully saturated rings. The van der Waals surface area contributed by atoms with Crippen molar-refractivity contribution in [1.82, 2.24) is 10.1 Å². The molecule has 0 aliphatic rings. The van der Waals surface area contributed by atoms with Crippen molar-refractivity contribution in [3.63, 3.8) is 0 Å². The van der Waals surface area contributed by atoms with Gasteiger partial charge < -0.3 is 9.63 Å². The van der Waals surface area contributed by atoms with Crippen molar-refractivity contribution in [2.75, 3.05) is 12.4 Å². The Morgan fingerprint density at radius 3 is 2.78 bits per heavy atom. The first-order valence-electron chi connectivity index (χ1n) is 5.56. The minimum Gasteiger partial charge on any atom is -0.396 e. The molecule has 2 rings (SSSR count). The lowest BCUT2D eigenvalue weighted by molar-refractivity contribution is 0.296. The molecule has 0 radical (unpaired) electrons. The largest absolute Gasteiger partial charge is 0.396 e. The fourth-order valence-corrected chi connectivity index (χ4v) is 2.25. The zero-order chi connectivity index (χ0) is 12.8. The number of hydrogen-bond acceptors (Lipinski definition) is 5. The van der Waals surface area contributed by atoms with Gasteiger partial charge >= 0.3 is 0 Å². The van der Waals surface area contributed by atoms with Crippen molar-refractivity contribution < 1.29 is 9.63 Å². The second-order valence-corrected chi connectivity index (χ2v) is 5.19. The summed E-state index contributed by atoms with van der Waals surface area (Å²) in [5.41, 5.74) is 0.884. The lowest BCUT2D eigenvalue weighted by Gasteiger charge is -1.94. The molecule has 96 valence electrons. The normalized spacial score (nSPS) is 10.8. The molecule has 1 N–H and O–H groups in total. The number of rotatable bonds is 6. The highest BCUT2D eigenvalue weighted by Gasteiger charge is 2.08. The van der Waals surface area contributed by atoms with Crippen molar-refractivity contribution in [2.24, 2.45) is 0 Å². The van der Waals surface area contributed by atoms with Gasteiger partial charge in [0.2, 0.25) is 11.7 Å². The van der Waals surface area contributed by atoms with Gasteiger partial charge in [-0.05, 0) is 36.4 Å². The Kier molecular flexibility index (Phi) is 5.04. The van der Waals surface area contributed by atoms with E-state index in [1.165, 1.54) is 0 Å². The number of halogens is 1. The van der Waals surface area contributed by atoms with Crippen molar-refractivity contribution >= 4 is 23.4 Å². The zero-order valence-corrected chi connectivity index (χ0v) is 11.2. The van der Waals surface area contributed by atoms with Crippen molar-refractivity contribution in [1.29, 1.82) is 0 Å².